The summed E-state index contributed by atoms with van der Waals surface area (Å²) in [5.74, 6) is -0.200. The second-order valence-electron chi connectivity index (χ2n) is 7.92. The van der Waals surface area contributed by atoms with E-state index < -0.39 is 0 Å². The lowest BCUT2D eigenvalue weighted by molar-refractivity contribution is -0.130. The second kappa shape index (κ2) is 6.69. The molecule has 0 bridgehead atoms. The van der Waals surface area contributed by atoms with E-state index in [9.17, 15) is 14.0 Å². The van der Waals surface area contributed by atoms with Crippen molar-refractivity contribution in [3.05, 3.63) is 65.6 Å². The van der Waals surface area contributed by atoms with Crippen LogP contribution in [0.25, 0.3) is 10.9 Å². The number of para-hydroxylation sites is 1. The minimum Gasteiger partial charge on any atom is -0.336 e. The second-order valence-corrected chi connectivity index (χ2v) is 7.92. The van der Waals surface area contributed by atoms with Crippen LogP contribution in [0.3, 0.4) is 0 Å². The molecule has 0 spiro atoms. The van der Waals surface area contributed by atoms with Gasteiger partial charge < -0.3 is 9.80 Å². The van der Waals surface area contributed by atoms with Crippen molar-refractivity contribution in [1.82, 2.24) is 20.0 Å². The third-order valence-electron chi connectivity index (χ3n) is 6.22. The molecule has 0 unspecified atom stereocenters. The topological polar surface area (TPSA) is 69.3 Å². The number of amides is 2. The first-order valence-corrected chi connectivity index (χ1v) is 9.78. The molecule has 1 N–H and O–H groups in total. The van der Waals surface area contributed by atoms with Gasteiger partial charge in [-0.25, -0.2) is 4.39 Å². The van der Waals surface area contributed by atoms with Gasteiger partial charge in [0.15, 0.2) is 5.69 Å². The molecule has 3 heterocycles. The summed E-state index contributed by atoms with van der Waals surface area (Å²) in [5.41, 5.74) is 2.04. The number of aromatic nitrogens is 2. The van der Waals surface area contributed by atoms with Gasteiger partial charge in [0.1, 0.15) is 5.82 Å². The number of nitrogens with one attached hydrogen (secondary N) is 1. The van der Waals surface area contributed by atoms with Gasteiger partial charge in [0, 0.05) is 43.8 Å². The Labute approximate surface area is 167 Å². The molecule has 0 radical (unpaired) electrons. The summed E-state index contributed by atoms with van der Waals surface area (Å²) in [7, 11) is 0. The van der Waals surface area contributed by atoms with Crippen LogP contribution in [-0.2, 0) is 4.79 Å². The number of rotatable bonds is 2. The van der Waals surface area contributed by atoms with Gasteiger partial charge in [-0.05, 0) is 23.8 Å². The van der Waals surface area contributed by atoms with Crippen LogP contribution in [0.15, 0.2) is 48.5 Å². The average molecular weight is 392 g/mol. The number of aromatic amines is 1. The Balaban J connectivity index is 1.44. The molecule has 2 aliphatic heterocycles. The Bertz CT molecular complexity index is 1110. The largest absolute Gasteiger partial charge is 0.336 e. The number of hydrogen-bond acceptors (Lipinski definition) is 3. The molecule has 2 saturated heterocycles. The molecular weight excluding hydrogens is 371 g/mol. The summed E-state index contributed by atoms with van der Waals surface area (Å²) < 4.78 is 13.9. The predicted molar refractivity (Wildman–Crippen MR) is 106 cm³/mol. The minimum atomic E-state index is -0.316. The van der Waals surface area contributed by atoms with Gasteiger partial charge in [-0.2, -0.15) is 5.10 Å². The van der Waals surface area contributed by atoms with Crippen molar-refractivity contribution in [2.75, 3.05) is 19.6 Å². The Kier molecular flexibility index (Phi) is 4.12. The van der Waals surface area contributed by atoms with Crippen LogP contribution < -0.4 is 0 Å². The van der Waals surface area contributed by atoms with Crippen LogP contribution in [-0.4, -0.2) is 51.4 Å². The van der Waals surface area contributed by atoms with Crippen LogP contribution in [0.5, 0.6) is 0 Å². The molecule has 3 aromatic rings. The van der Waals surface area contributed by atoms with Crippen molar-refractivity contribution in [3.63, 3.8) is 0 Å². The zero-order chi connectivity index (χ0) is 20.1. The monoisotopic (exact) mass is 392 g/mol. The van der Waals surface area contributed by atoms with E-state index in [-0.39, 0.29) is 35.5 Å². The molecule has 2 aliphatic rings. The molecule has 1 aromatic heterocycles. The first kappa shape index (κ1) is 17.8. The number of hydrogen-bond donors (Lipinski definition) is 1. The highest BCUT2D eigenvalue weighted by molar-refractivity contribution is 6.04. The van der Waals surface area contributed by atoms with Crippen LogP contribution >= 0.6 is 0 Å². The molecule has 2 fully saturated rings. The number of carbonyl (C=O) groups excluding carboxylic acids is 2. The fourth-order valence-corrected chi connectivity index (χ4v) is 4.93. The summed E-state index contributed by atoms with van der Waals surface area (Å²) >= 11 is 0. The van der Waals surface area contributed by atoms with Gasteiger partial charge >= 0.3 is 0 Å². The Hall–Kier alpha value is -3.22. The summed E-state index contributed by atoms with van der Waals surface area (Å²) in [6.07, 6.45) is 0. The molecule has 3 atom stereocenters. The van der Waals surface area contributed by atoms with E-state index in [1.165, 1.54) is 12.1 Å². The van der Waals surface area contributed by atoms with E-state index in [2.05, 4.69) is 10.2 Å². The lowest BCUT2D eigenvalue weighted by Crippen LogP contribution is -2.36. The molecular formula is C22H21FN4O2. The molecule has 7 heteroatoms. The molecule has 2 amide bonds. The van der Waals surface area contributed by atoms with Crippen LogP contribution in [0.1, 0.15) is 29.0 Å². The highest BCUT2D eigenvalue weighted by Crippen LogP contribution is 2.45. The Morgan fingerprint density at radius 3 is 2.72 bits per heavy atom. The molecule has 5 rings (SSSR count). The molecule has 0 saturated carbocycles. The first-order valence-electron chi connectivity index (χ1n) is 9.78. The number of carbonyl (C=O) groups is 2. The van der Waals surface area contributed by atoms with E-state index in [1.807, 2.05) is 40.1 Å². The minimum absolute atomic E-state index is 0.0233. The number of fused-ring (bicyclic) bond motifs is 2. The summed E-state index contributed by atoms with van der Waals surface area (Å²) in [6.45, 7) is 3.22. The molecule has 0 aliphatic carbocycles. The number of halogens is 1. The number of nitrogens with zero attached hydrogens (tertiary/aromatic N) is 3. The summed E-state index contributed by atoms with van der Waals surface area (Å²) in [6, 6.07) is 13.8. The van der Waals surface area contributed by atoms with Crippen molar-refractivity contribution in [2.45, 2.75) is 13.0 Å². The van der Waals surface area contributed by atoms with E-state index in [1.54, 1.807) is 13.0 Å². The smallest absolute Gasteiger partial charge is 0.275 e. The highest BCUT2D eigenvalue weighted by atomic mass is 19.1. The Morgan fingerprint density at radius 2 is 1.93 bits per heavy atom. The maximum Gasteiger partial charge on any atom is 0.275 e. The van der Waals surface area contributed by atoms with Crippen molar-refractivity contribution in [2.24, 2.45) is 11.8 Å². The molecule has 148 valence electrons. The van der Waals surface area contributed by atoms with Gasteiger partial charge in [0.25, 0.3) is 5.91 Å². The zero-order valence-electron chi connectivity index (χ0n) is 16.0. The van der Waals surface area contributed by atoms with E-state index in [0.29, 0.717) is 25.3 Å². The molecule has 29 heavy (non-hydrogen) atoms. The normalized spacial score (nSPS) is 23.6. The fourth-order valence-electron chi connectivity index (χ4n) is 4.93. The summed E-state index contributed by atoms with van der Waals surface area (Å²) in [4.78, 5) is 29.0. The van der Waals surface area contributed by atoms with Gasteiger partial charge in [0.2, 0.25) is 5.91 Å². The number of likely N-dealkylation sites (tertiary alicyclic amines) is 2. The van der Waals surface area contributed by atoms with Crippen molar-refractivity contribution in [1.29, 1.82) is 0 Å². The van der Waals surface area contributed by atoms with Crippen molar-refractivity contribution < 1.29 is 14.0 Å². The number of H-pyrrole nitrogens is 1. The van der Waals surface area contributed by atoms with Crippen molar-refractivity contribution in [3.8, 4) is 0 Å². The summed E-state index contributed by atoms with van der Waals surface area (Å²) in [5, 5.41) is 7.96. The average Bonchev–Trinajstić information content (AvgIpc) is 3.39. The number of benzene rings is 2. The Morgan fingerprint density at radius 1 is 1.10 bits per heavy atom. The zero-order valence-corrected chi connectivity index (χ0v) is 16.0. The first-order chi connectivity index (χ1) is 14.0. The predicted octanol–water partition coefficient (Wildman–Crippen LogP) is 2.99. The van der Waals surface area contributed by atoms with Crippen LogP contribution in [0, 0.1) is 17.7 Å². The third kappa shape index (κ3) is 2.88. The third-order valence-corrected chi connectivity index (χ3v) is 6.22. The van der Waals surface area contributed by atoms with Gasteiger partial charge in [-0.1, -0.05) is 30.3 Å². The van der Waals surface area contributed by atoms with Crippen molar-refractivity contribution >= 4 is 22.7 Å². The van der Waals surface area contributed by atoms with E-state index in [4.69, 9.17) is 0 Å². The SMILES string of the molecule is CC(=O)N1C[C@H]2CN(C(=O)c3n[nH]c4ccccc34)C[C@H]2[C@@H]1c1cccc(F)c1. The maximum atomic E-state index is 13.9. The molecule has 6 nitrogen and oxygen atoms in total. The molecule has 2 aromatic carbocycles. The van der Waals surface area contributed by atoms with Gasteiger partial charge in [-0.15, -0.1) is 0 Å². The van der Waals surface area contributed by atoms with Gasteiger partial charge in [0.05, 0.1) is 11.6 Å². The quantitative estimate of drug-likeness (QED) is 0.729. The van der Waals surface area contributed by atoms with E-state index >= 15 is 0 Å². The maximum absolute atomic E-state index is 13.9. The van der Waals surface area contributed by atoms with E-state index in [0.717, 1.165) is 16.5 Å². The van der Waals surface area contributed by atoms with Gasteiger partial charge in [-0.3, -0.25) is 14.7 Å². The highest BCUT2D eigenvalue weighted by Gasteiger charge is 2.49. The lowest BCUT2D eigenvalue weighted by Gasteiger charge is -2.29. The van der Waals surface area contributed by atoms with Crippen LogP contribution in [0.4, 0.5) is 4.39 Å². The van der Waals surface area contributed by atoms with Crippen LogP contribution in [0.2, 0.25) is 0 Å². The fraction of sp³-hybridized carbons (Fsp3) is 0.318. The standard InChI is InChI=1S/C22H21FN4O2/c1-13(28)27-11-15-10-26(12-18(15)21(27)14-5-4-6-16(23)9-14)22(29)20-17-7-2-3-8-19(17)24-25-20/h2-9,15,18,21H,10-12H2,1H3,(H,24,25)/t15-,18-,21+/m1/s1. The lowest BCUT2D eigenvalue weighted by atomic mass is 9.89.